The molecule has 0 aromatic carbocycles. The molecule has 2 heterocycles. The largest absolute Gasteiger partial charge is 0.293 e. The van der Waals surface area contributed by atoms with Gasteiger partial charge in [-0.1, -0.05) is 6.08 Å². The number of aliphatic imine (C=N–C) groups is 1. The van der Waals surface area contributed by atoms with Gasteiger partial charge >= 0.3 is 0 Å². The van der Waals surface area contributed by atoms with Crippen molar-refractivity contribution in [3.63, 3.8) is 0 Å². The number of ketones is 1. The summed E-state index contributed by atoms with van der Waals surface area (Å²) in [6.45, 7) is 5.52. The number of hydrogen-bond acceptors (Lipinski definition) is 3. The van der Waals surface area contributed by atoms with Gasteiger partial charge in [-0.25, -0.2) is 9.98 Å². The SMILES string of the molecule is CC(=O)c1cc(C)cc(C2CC=C(C)C=C=N2)n1. The van der Waals surface area contributed by atoms with Gasteiger partial charge in [0.2, 0.25) is 0 Å². The molecule has 92 valence electrons. The Morgan fingerprint density at radius 1 is 1.39 bits per heavy atom. The lowest BCUT2D eigenvalue weighted by molar-refractivity contribution is 0.101. The fraction of sp³-hybridized carbons (Fsp3) is 0.333. The lowest BCUT2D eigenvalue weighted by Crippen LogP contribution is -2.04. The zero-order valence-electron chi connectivity index (χ0n) is 10.9. The van der Waals surface area contributed by atoms with E-state index in [1.165, 1.54) is 6.92 Å². The summed E-state index contributed by atoms with van der Waals surface area (Å²) in [5.41, 5.74) is 3.54. The average Bonchev–Trinajstić information content (AvgIpc) is 2.53. The van der Waals surface area contributed by atoms with E-state index >= 15 is 0 Å². The maximum absolute atomic E-state index is 11.4. The van der Waals surface area contributed by atoms with Crippen molar-refractivity contribution in [1.29, 1.82) is 0 Å². The Balaban J connectivity index is 2.40. The van der Waals surface area contributed by atoms with Gasteiger partial charge in [0.1, 0.15) is 11.7 Å². The van der Waals surface area contributed by atoms with Crippen LogP contribution in [0.15, 0.2) is 34.9 Å². The van der Waals surface area contributed by atoms with Gasteiger partial charge in [0.15, 0.2) is 5.78 Å². The molecule has 0 saturated carbocycles. The third-order valence-corrected chi connectivity index (χ3v) is 2.88. The predicted molar refractivity (Wildman–Crippen MR) is 72.1 cm³/mol. The van der Waals surface area contributed by atoms with Crippen LogP contribution < -0.4 is 0 Å². The molecule has 0 N–H and O–H groups in total. The molecule has 0 saturated heterocycles. The molecule has 0 fully saturated rings. The van der Waals surface area contributed by atoms with Gasteiger partial charge in [-0.3, -0.25) is 4.79 Å². The Labute approximate surface area is 107 Å². The highest BCUT2D eigenvalue weighted by Gasteiger charge is 2.14. The summed E-state index contributed by atoms with van der Waals surface area (Å²) in [5, 5.41) is 0. The van der Waals surface area contributed by atoms with Crippen LogP contribution in [0.5, 0.6) is 0 Å². The highest BCUT2D eigenvalue weighted by Crippen LogP contribution is 2.23. The number of allylic oxidation sites excluding steroid dienone is 2. The molecule has 1 unspecified atom stereocenters. The van der Waals surface area contributed by atoms with Crippen LogP contribution in [0.3, 0.4) is 0 Å². The van der Waals surface area contributed by atoms with Crippen LogP contribution in [0, 0.1) is 6.92 Å². The van der Waals surface area contributed by atoms with Gasteiger partial charge in [0.05, 0.1) is 5.69 Å². The number of carbonyl (C=O) groups excluding carboxylic acids is 1. The number of Topliss-reactive ketones (excluding diaryl/α,β-unsaturated/α-hetero) is 1. The molecule has 3 nitrogen and oxygen atoms in total. The summed E-state index contributed by atoms with van der Waals surface area (Å²) in [5.74, 6) is 2.91. The zero-order valence-corrected chi connectivity index (χ0v) is 10.9. The molecule has 3 heteroatoms. The van der Waals surface area contributed by atoms with E-state index in [1.807, 2.05) is 32.1 Å². The van der Waals surface area contributed by atoms with Crippen LogP contribution in [0.25, 0.3) is 0 Å². The molecule has 1 atom stereocenters. The van der Waals surface area contributed by atoms with Crippen LogP contribution in [-0.4, -0.2) is 16.6 Å². The predicted octanol–water partition coefficient (Wildman–Crippen LogP) is 3.21. The molecule has 18 heavy (non-hydrogen) atoms. The Morgan fingerprint density at radius 3 is 2.89 bits per heavy atom. The van der Waals surface area contributed by atoms with Crippen LogP contribution >= 0.6 is 0 Å². The Bertz CT molecular complexity index is 578. The molecule has 0 spiro atoms. The van der Waals surface area contributed by atoms with E-state index in [2.05, 4.69) is 21.9 Å². The van der Waals surface area contributed by atoms with Crippen molar-refractivity contribution < 1.29 is 4.79 Å². The Morgan fingerprint density at radius 2 is 2.17 bits per heavy atom. The number of pyridine rings is 1. The quantitative estimate of drug-likeness (QED) is 0.745. The summed E-state index contributed by atoms with van der Waals surface area (Å²) >= 11 is 0. The Hall–Kier alpha value is -1.99. The highest BCUT2D eigenvalue weighted by atomic mass is 16.1. The van der Waals surface area contributed by atoms with E-state index < -0.39 is 0 Å². The molecular weight excluding hydrogens is 224 g/mol. The smallest absolute Gasteiger partial charge is 0.178 e. The second kappa shape index (κ2) is 5.11. The molecule has 1 aromatic rings. The number of nitrogens with zero attached hydrogens (tertiary/aromatic N) is 2. The van der Waals surface area contributed by atoms with Crippen LogP contribution in [-0.2, 0) is 0 Å². The number of aryl methyl sites for hydroxylation is 1. The van der Waals surface area contributed by atoms with Gasteiger partial charge in [0, 0.05) is 13.0 Å². The standard InChI is InChI=1S/C15H16N2O/c1-10-4-5-13(16-7-6-10)15-9-11(2)8-14(17-15)12(3)18/h4,6,8-9,13H,5H2,1-3H3. The van der Waals surface area contributed by atoms with Gasteiger partial charge in [-0.2, -0.15) is 0 Å². The fourth-order valence-corrected chi connectivity index (χ4v) is 1.87. The summed E-state index contributed by atoms with van der Waals surface area (Å²) in [4.78, 5) is 20.2. The van der Waals surface area contributed by atoms with Gasteiger partial charge < -0.3 is 0 Å². The maximum Gasteiger partial charge on any atom is 0.178 e. The lowest BCUT2D eigenvalue weighted by atomic mass is 10.1. The summed E-state index contributed by atoms with van der Waals surface area (Å²) < 4.78 is 0. The third-order valence-electron chi connectivity index (χ3n) is 2.88. The minimum absolute atomic E-state index is 0.0141. The minimum atomic E-state index is -0.0447. The van der Waals surface area contributed by atoms with Crippen molar-refractivity contribution in [3.05, 3.63) is 46.8 Å². The van der Waals surface area contributed by atoms with Crippen molar-refractivity contribution in [2.75, 3.05) is 0 Å². The van der Waals surface area contributed by atoms with E-state index in [-0.39, 0.29) is 11.8 Å². The summed E-state index contributed by atoms with van der Waals surface area (Å²) in [7, 11) is 0. The number of hydrogen-bond donors (Lipinski definition) is 0. The first-order valence-electron chi connectivity index (χ1n) is 6.01. The first-order valence-corrected chi connectivity index (χ1v) is 6.01. The second-order valence-electron chi connectivity index (χ2n) is 4.61. The average molecular weight is 240 g/mol. The Kier molecular flexibility index (Phi) is 3.54. The normalized spacial score (nSPS) is 18.4. The van der Waals surface area contributed by atoms with Gasteiger partial charge in [-0.15, -0.1) is 0 Å². The zero-order chi connectivity index (χ0) is 13.1. The molecular formula is C15H16N2O. The van der Waals surface area contributed by atoms with E-state index in [4.69, 9.17) is 0 Å². The maximum atomic E-state index is 11.4. The fourth-order valence-electron chi connectivity index (χ4n) is 1.87. The monoisotopic (exact) mass is 240 g/mol. The molecule has 1 aromatic heterocycles. The molecule has 0 radical (unpaired) electrons. The minimum Gasteiger partial charge on any atom is -0.293 e. The van der Waals surface area contributed by atoms with Crippen molar-refractivity contribution >= 4 is 11.7 Å². The van der Waals surface area contributed by atoms with Crippen LogP contribution in [0.2, 0.25) is 0 Å². The first-order chi connectivity index (χ1) is 8.56. The first kappa shape index (κ1) is 12.5. The summed E-state index contributed by atoms with van der Waals surface area (Å²) in [6.07, 6.45) is 4.77. The molecule has 1 aliphatic rings. The summed E-state index contributed by atoms with van der Waals surface area (Å²) in [6, 6.07) is 3.75. The van der Waals surface area contributed by atoms with Crippen molar-refractivity contribution in [2.45, 2.75) is 33.2 Å². The molecule has 2 rings (SSSR count). The molecule has 1 aliphatic heterocycles. The second-order valence-corrected chi connectivity index (χ2v) is 4.61. The number of carbonyl (C=O) groups is 1. The van der Waals surface area contributed by atoms with Crippen LogP contribution in [0.1, 0.15) is 48.1 Å². The molecule has 0 bridgehead atoms. The van der Waals surface area contributed by atoms with Crippen molar-refractivity contribution in [2.24, 2.45) is 4.99 Å². The lowest BCUT2D eigenvalue weighted by Gasteiger charge is -2.10. The van der Waals surface area contributed by atoms with Crippen molar-refractivity contribution in [1.82, 2.24) is 4.98 Å². The molecule has 0 aliphatic carbocycles. The van der Waals surface area contributed by atoms with E-state index in [0.717, 1.165) is 23.3 Å². The van der Waals surface area contributed by atoms with Crippen LogP contribution in [0.4, 0.5) is 0 Å². The third kappa shape index (κ3) is 2.82. The highest BCUT2D eigenvalue weighted by molar-refractivity contribution is 5.92. The van der Waals surface area contributed by atoms with Gasteiger partial charge in [-0.05, 0) is 49.4 Å². The van der Waals surface area contributed by atoms with E-state index in [0.29, 0.717) is 5.69 Å². The van der Waals surface area contributed by atoms with Crippen molar-refractivity contribution in [3.8, 4) is 0 Å². The number of rotatable bonds is 2. The number of aromatic nitrogens is 1. The van der Waals surface area contributed by atoms with E-state index in [9.17, 15) is 4.79 Å². The molecule has 0 amide bonds. The van der Waals surface area contributed by atoms with E-state index in [1.54, 1.807) is 0 Å². The topological polar surface area (TPSA) is 42.3 Å². The van der Waals surface area contributed by atoms with Gasteiger partial charge in [0.25, 0.3) is 0 Å².